The van der Waals surface area contributed by atoms with Crippen molar-refractivity contribution >= 4 is 33.3 Å². The van der Waals surface area contributed by atoms with Gasteiger partial charge in [-0.1, -0.05) is 13.8 Å². The highest BCUT2D eigenvalue weighted by atomic mass is 32.2. The van der Waals surface area contributed by atoms with E-state index in [0.717, 1.165) is 25.9 Å². The molecule has 1 N–H and O–H groups in total. The molecule has 1 aliphatic heterocycles. The maximum absolute atomic E-state index is 12.8. The smallest absolute Gasteiger partial charge is 0.270 e. The van der Waals surface area contributed by atoms with Gasteiger partial charge in [-0.15, -0.1) is 0 Å². The van der Waals surface area contributed by atoms with Crippen molar-refractivity contribution in [3.63, 3.8) is 0 Å². The molecule has 1 aliphatic rings. The van der Waals surface area contributed by atoms with Crippen LogP contribution in [0.4, 0.5) is 0 Å². The molecule has 9 heteroatoms. The summed E-state index contributed by atoms with van der Waals surface area (Å²) in [6.07, 6.45) is 2.05. The first-order chi connectivity index (χ1) is 12.9. The minimum atomic E-state index is -3.55. The van der Waals surface area contributed by atoms with E-state index < -0.39 is 10.0 Å². The second-order valence-corrected chi connectivity index (χ2v) is 9.21. The van der Waals surface area contributed by atoms with E-state index >= 15 is 0 Å². The minimum absolute atomic E-state index is 0.181. The lowest BCUT2D eigenvalue weighted by Gasteiger charge is -2.31. The van der Waals surface area contributed by atoms with Gasteiger partial charge in [0, 0.05) is 26.2 Å². The van der Waals surface area contributed by atoms with Gasteiger partial charge in [0.1, 0.15) is 0 Å². The summed E-state index contributed by atoms with van der Waals surface area (Å²) < 4.78 is 34.6. The molecule has 1 aromatic carbocycles. The molecule has 27 heavy (non-hydrogen) atoms. The lowest BCUT2D eigenvalue weighted by molar-refractivity contribution is 0.0981. The summed E-state index contributed by atoms with van der Waals surface area (Å²) in [4.78, 5) is 2.80. The van der Waals surface area contributed by atoms with E-state index in [0.29, 0.717) is 35.7 Å². The van der Waals surface area contributed by atoms with Gasteiger partial charge in [-0.2, -0.15) is 4.31 Å². The van der Waals surface area contributed by atoms with E-state index in [1.54, 1.807) is 18.2 Å². The van der Waals surface area contributed by atoms with E-state index in [2.05, 4.69) is 4.90 Å². The number of aliphatic hydroxyl groups is 1. The fourth-order valence-corrected chi connectivity index (χ4v) is 5.40. The number of nitrogens with zero attached hydrogens (tertiary/aromatic N) is 3. The molecule has 0 bridgehead atoms. The first kappa shape index (κ1) is 20.5. The third kappa shape index (κ3) is 4.12. The topological polar surface area (TPSA) is 78.9 Å². The molecule has 1 saturated heterocycles. The zero-order chi connectivity index (χ0) is 19.6. The highest BCUT2D eigenvalue weighted by Crippen LogP contribution is 2.25. The zero-order valence-electron chi connectivity index (χ0n) is 15.8. The summed E-state index contributed by atoms with van der Waals surface area (Å²) in [5.41, 5.74) is 1.26. The maximum atomic E-state index is 12.8. The fourth-order valence-electron chi connectivity index (χ4n) is 3.68. The van der Waals surface area contributed by atoms with Crippen molar-refractivity contribution in [2.24, 2.45) is 5.92 Å². The number of hydrogen-bond donors (Lipinski definition) is 1. The minimum Gasteiger partial charge on any atom is -0.429 e. The van der Waals surface area contributed by atoms with E-state index in [1.165, 1.54) is 4.31 Å². The summed E-state index contributed by atoms with van der Waals surface area (Å²) in [6.45, 7) is 6.91. The number of rotatable bonds is 7. The molecular formula is C18H27N3O4S2. The molecule has 0 spiro atoms. The molecule has 1 fully saturated rings. The first-order valence-corrected chi connectivity index (χ1v) is 11.2. The predicted molar refractivity (Wildman–Crippen MR) is 107 cm³/mol. The second-order valence-electron chi connectivity index (χ2n) is 6.92. The average molecular weight is 414 g/mol. The van der Waals surface area contributed by atoms with E-state index in [-0.39, 0.29) is 17.4 Å². The summed E-state index contributed by atoms with van der Waals surface area (Å²) in [5.74, 6) is 0.268. The molecule has 2 heterocycles. The lowest BCUT2D eigenvalue weighted by atomic mass is 9.99. The Morgan fingerprint density at radius 2 is 2.07 bits per heavy atom. The molecule has 0 amide bonds. The molecule has 150 valence electrons. The Labute approximate surface area is 165 Å². The summed E-state index contributed by atoms with van der Waals surface area (Å²) in [6, 6.07) is 4.89. The Morgan fingerprint density at radius 3 is 2.74 bits per heavy atom. The van der Waals surface area contributed by atoms with Crippen molar-refractivity contribution in [2.75, 3.05) is 32.8 Å². The Balaban J connectivity index is 1.97. The summed E-state index contributed by atoms with van der Waals surface area (Å²) >= 11 is 5.37. The molecule has 2 aromatic rings. The standard InChI is InChI=1S/C18H27N3O4S2/c1-3-20(4-2)27(23,24)15-7-8-17-16(10-15)21(18(26)25-17)13-19-9-5-6-14(11-19)12-22/h7-8,10,14,22H,3-6,9,11-13H2,1-2H3/t14-/m0/s1. The van der Waals surface area contributed by atoms with Gasteiger partial charge in [0.15, 0.2) is 5.58 Å². The first-order valence-electron chi connectivity index (χ1n) is 9.37. The number of oxazole rings is 1. The van der Waals surface area contributed by atoms with Crippen molar-refractivity contribution < 1.29 is 17.9 Å². The number of likely N-dealkylation sites (tertiary alicyclic amines) is 1. The van der Waals surface area contributed by atoms with Crippen molar-refractivity contribution in [1.29, 1.82) is 0 Å². The van der Waals surface area contributed by atoms with E-state index in [9.17, 15) is 13.5 Å². The molecule has 3 rings (SSSR count). The van der Waals surface area contributed by atoms with Gasteiger partial charge in [-0.25, -0.2) is 8.42 Å². The average Bonchev–Trinajstić information content (AvgIpc) is 2.97. The molecule has 1 atom stereocenters. The Morgan fingerprint density at radius 1 is 1.33 bits per heavy atom. The lowest BCUT2D eigenvalue weighted by Crippen LogP contribution is -2.37. The van der Waals surface area contributed by atoms with Gasteiger partial charge in [-0.3, -0.25) is 9.47 Å². The number of aliphatic hydroxyl groups excluding tert-OH is 1. The van der Waals surface area contributed by atoms with Gasteiger partial charge >= 0.3 is 0 Å². The fraction of sp³-hybridized carbons (Fsp3) is 0.611. The van der Waals surface area contributed by atoms with Crippen LogP contribution in [0.25, 0.3) is 11.1 Å². The molecule has 0 radical (unpaired) electrons. The Hall–Kier alpha value is -1.26. The number of piperidine rings is 1. The van der Waals surface area contributed by atoms with Crippen LogP contribution in [0.15, 0.2) is 27.5 Å². The number of benzene rings is 1. The zero-order valence-corrected chi connectivity index (χ0v) is 17.4. The molecule has 0 saturated carbocycles. The highest BCUT2D eigenvalue weighted by Gasteiger charge is 2.24. The Kier molecular flexibility index (Phi) is 6.37. The Bertz CT molecular complexity index is 947. The summed E-state index contributed by atoms with van der Waals surface area (Å²) in [7, 11) is -3.55. The number of fused-ring (bicyclic) bond motifs is 1. The largest absolute Gasteiger partial charge is 0.429 e. The van der Waals surface area contributed by atoms with Crippen molar-refractivity contribution in [2.45, 2.75) is 38.3 Å². The van der Waals surface area contributed by atoms with Crippen LogP contribution >= 0.6 is 12.2 Å². The number of hydrogen-bond acceptors (Lipinski definition) is 6. The van der Waals surface area contributed by atoms with Gasteiger partial charge < -0.3 is 9.52 Å². The molecule has 1 aromatic heterocycles. The molecule has 7 nitrogen and oxygen atoms in total. The SMILES string of the molecule is CCN(CC)S(=O)(=O)c1ccc2oc(=S)n(CN3CCC[C@H](CO)C3)c2c1. The normalized spacial score (nSPS) is 19.2. The van der Waals surface area contributed by atoms with Crippen LogP contribution in [0.3, 0.4) is 0 Å². The van der Waals surface area contributed by atoms with Crippen LogP contribution in [0.5, 0.6) is 0 Å². The van der Waals surface area contributed by atoms with Crippen LogP contribution in [0, 0.1) is 10.8 Å². The van der Waals surface area contributed by atoms with Crippen molar-refractivity contribution in [1.82, 2.24) is 13.8 Å². The molecule has 0 aliphatic carbocycles. The second kappa shape index (κ2) is 8.40. The highest BCUT2D eigenvalue weighted by molar-refractivity contribution is 7.89. The molecular weight excluding hydrogens is 386 g/mol. The number of aromatic nitrogens is 1. The quantitative estimate of drug-likeness (QED) is 0.703. The maximum Gasteiger partial charge on any atom is 0.270 e. The van der Waals surface area contributed by atoms with Crippen LogP contribution in [-0.4, -0.2) is 60.1 Å². The van der Waals surface area contributed by atoms with Crippen LogP contribution < -0.4 is 0 Å². The van der Waals surface area contributed by atoms with Crippen LogP contribution in [0.2, 0.25) is 0 Å². The van der Waals surface area contributed by atoms with Gasteiger partial charge in [-0.05, 0) is 55.7 Å². The van der Waals surface area contributed by atoms with Gasteiger partial charge in [0.2, 0.25) is 10.0 Å². The third-order valence-electron chi connectivity index (χ3n) is 5.18. The predicted octanol–water partition coefficient (Wildman–Crippen LogP) is 2.66. The summed E-state index contributed by atoms with van der Waals surface area (Å²) in [5, 5.41) is 9.44. The molecule has 0 unspecified atom stereocenters. The monoisotopic (exact) mass is 413 g/mol. The van der Waals surface area contributed by atoms with Gasteiger partial charge in [0.05, 0.1) is 17.1 Å². The van der Waals surface area contributed by atoms with E-state index in [1.807, 2.05) is 18.4 Å². The van der Waals surface area contributed by atoms with Crippen molar-refractivity contribution in [3.05, 3.63) is 23.0 Å². The van der Waals surface area contributed by atoms with Crippen molar-refractivity contribution in [3.8, 4) is 0 Å². The number of sulfonamides is 1. The van der Waals surface area contributed by atoms with Crippen LogP contribution in [0.1, 0.15) is 26.7 Å². The third-order valence-corrected chi connectivity index (χ3v) is 7.53. The van der Waals surface area contributed by atoms with Crippen LogP contribution in [-0.2, 0) is 16.7 Å². The van der Waals surface area contributed by atoms with E-state index in [4.69, 9.17) is 16.6 Å². The van der Waals surface area contributed by atoms with Gasteiger partial charge in [0.25, 0.3) is 4.84 Å².